The average Bonchev–Trinajstić information content (AvgIpc) is 2.67. The van der Waals surface area contributed by atoms with Gasteiger partial charge in [0.15, 0.2) is 0 Å². The molecular weight excluding hydrogens is 314 g/mol. The lowest BCUT2D eigenvalue weighted by atomic mass is 10.1. The number of amides is 1. The molecular formula is C20H27N3O2. The highest BCUT2D eigenvalue weighted by Gasteiger charge is 2.11. The Morgan fingerprint density at radius 1 is 1.12 bits per heavy atom. The predicted octanol–water partition coefficient (Wildman–Crippen LogP) is 2.82. The van der Waals surface area contributed by atoms with Crippen LogP contribution in [0.3, 0.4) is 0 Å². The molecule has 1 atom stereocenters. The Morgan fingerprint density at radius 3 is 2.32 bits per heavy atom. The summed E-state index contributed by atoms with van der Waals surface area (Å²) in [4.78, 5) is 14.1. The summed E-state index contributed by atoms with van der Waals surface area (Å²) in [5, 5.41) is 2.90. The van der Waals surface area contributed by atoms with E-state index < -0.39 is 0 Å². The van der Waals surface area contributed by atoms with Crippen LogP contribution in [0.25, 0.3) is 0 Å². The van der Waals surface area contributed by atoms with Crippen LogP contribution in [0.15, 0.2) is 54.6 Å². The monoisotopic (exact) mass is 341 g/mol. The second kappa shape index (κ2) is 9.81. The van der Waals surface area contributed by atoms with Gasteiger partial charge in [0.05, 0.1) is 12.5 Å². The van der Waals surface area contributed by atoms with Crippen molar-refractivity contribution >= 4 is 17.3 Å². The zero-order chi connectivity index (χ0) is 18.1. The van der Waals surface area contributed by atoms with E-state index in [9.17, 15) is 4.79 Å². The smallest absolute Gasteiger partial charge is 0.222 e. The third-order valence-corrected chi connectivity index (χ3v) is 4.13. The highest BCUT2D eigenvalue weighted by atomic mass is 16.5. The molecule has 0 heterocycles. The second-order valence-electron chi connectivity index (χ2n) is 5.82. The van der Waals surface area contributed by atoms with E-state index in [4.69, 9.17) is 10.5 Å². The lowest BCUT2D eigenvalue weighted by molar-refractivity contribution is -0.123. The SMILES string of the molecule is CCN(c1ccccc1)c1ccc(CNC(=O)CC(CN)OC)cc1. The molecule has 0 saturated heterocycles. The maximum Gasteiger partial charge on any atom is 0.222 e. The number of rotatable bonds is 9. The van der Waals surface area contributed by atoms with Crippen LogP contribution in [0.1, 0.15) is 18.9 Å². The van der Waals surface area contributed by atoms with Gasteiger partial charge in [-0.3, -0.25) is 4.79 Å². The summed E-state index contributed by atoms with van der Waals surface area (Å²) in [6.07, 6.45) is 0.0502. The van der Waals surface area contributed by atoms with Crippen molar-refractivity contribution in [1.29, 1.82) is 0 Å². The summed E-state index contributed by atoms with van der Waals surface area (Å²) in [5.74, 6) is -0.0548. The molecule has 1 amide bonds. The van der Waals surface area contributed by atoms with Crippen LogP contribution < -0.4 is 16.0 Å². The van der Waals surface area contributed by atoms with Gasteiger partial charge in [0, 0.05) is 38.1 Å². The lowest BCUT2D eigenvalue weighted by Crippen LogP contribution is -2.31. The number of hydrogen-bond acceptors (Lipinski definition) is 4. The quantitative estimate of drug-likeness (QED) is 0.736. The molecule has 0 fully saturated rings. The molecule has 2 aromatic carbocycles. The van der Waals surface area contributed by atoms with Crippen molar-refractivity contribution in [3.63, 3.8) is 0 Å². The van der Waals surface area contributed by atoms with Crippen molar-refractivity contribution < 1.29 is 9.53 Å². The van der Waals surface area contributed by atoms with E-state index in [0.717, 1.165) is 17.8 Å². The molecule has 0 aromatic heterocycles. The van der Waals surface area contributed by atoms with Crippen molar-refractivity contribution in [2.75, 3.05) is 25.1 Å². The van der Waals surface area contributed by atoms with Crippen molar-refractivity contribution in [2.45, 2.75) is 26.0 Å². The van der Waals surface area contributed by atoms with Crippen LogP contribution in [0.4, 0.5) is 11.4 Å². The Labute approximate surface area is 149 Å². The minimum Gasteiger partial charge on any atom is -0.380 e. The Morgan fingerprint density at radius 2 is 1.76 bits per heavy atom. The van der Waals surface area contributed by atoms with Gasteiger partial charge in [-0.25, -0.2) is 0 Å². The van der Waals surface area contributed by atoms with Gasteiger partial charge in [-0.2, -0.15) is 0 Å². The Bertz CT molecular complexity index is 640. The molecule has 5 nitrogen and oxygen atoms in total. The van der Waals surface area contributed by atoms with Crippen molar-refractivity contribution in [3.05, 3.63) is 60.2 Å². The zero-order valence-corrected chi connectivity index (χ0v) is 14.9. The first-order valence-corrected chi connectivity index (χ1v) is 8.59. The largest absolute Gasteiger partial charge is 0.380 e. The summed E-state index contributed by atoms with van der Waals surface area (Å²) in [7, 11) is 1.57. The van der Waals surface area contributed by atoms with E-state index in [1.165, 1.54) is 5.69 Å². The molecule has 0 saturated carbocycles. The van der Waals surface area contributed by atoms with E-state index in [0.29, 0.717) is 13.1 Å². The maximum atomic E-state index is 11.9. The molecule has 0 aliphatic heterocycles. The van der Waals surface area contributed by atoms with Crippen molar-refractivity contribution in [1.82, 2.24) is 5.32 Å². The number of hydrogen-bond donors (Lipinski definition) is 2. The number of nitrogens with zero attached hydrogens (tertiary/aromatic N) is 1. The number of nitrogens with two attached hydrogens (primary N) is 1. The highest BCUT2D eigenvalue weighted by Crippen LogP contribution is 2.24. The number of ether oxygens (including phenoxy) is 1. The molecule has 0 aliphatic carbocycles. The van der Waals surface area contributed by atoms with Gasteiger partial charge in [0.1, 0.15) is 0 Å². The fourth-order valence-electron chi connectivity index (χ4n) is 2.66. The van der Waals surface area contributed by atoms with Gasteiger partial charge < -0.3 is 20.7 Å². The summed E-state index contributed by atoms with van der Waals surface area (Å²) < 4.78 is 5.13. The zero-order valence-electron chi connectivity index (χ0n) is 14.9. The van der Waals surface area contributed by atoms with E-state index in [-0.39, 0.29) is 18.4 Å². The number of carbonyl (C=O) groups excluding carboxylic acids is 1. The van der Waals surface area contributed by atoms with Gasteiger partial charge in [0.25, 0.3) is 0 Å². The molecule has 0 aliphatic rings. The topological polar surface area (TPSA) is 67.6 Å². The molecule has 134 valence electrons. The summed E-state index contributed by atoms with van der Waals surface area (Å²) in [6.45, 7) is 3.85. The fourth-order valence-corrected chi connectivity index (χ4v) is 2.66. The number of benzene rings is 2. The van der Waals surface area contributed by atoms with E-state index in [1.807, 2.05) is 30.3 Å². The highest BCUT2D eigenvalue weighted by molar-refractivity contribution is 5.76. The third kappa shape index (κ3) is 5.59. The normalized spacial score (nSPS) is 11.8. The van der Waals surface area contributed by atoms with E-state index >= 15 is 0 Å². The fraction of sp³-hybridized carbons (Fsp3) is 0.350. The summed E-state index contributed by atoms with van der Waals surface area (Å²) in [6, 6.07) is 18.5. The van der Waals surface area contributed by atoms with Gasteiger partial charge >= 0.3 is 0 Å². The number of para-hydroxylation sites is 1. The van der Waals surface area contributed by atoms with Crippen LogP contribution in [0, 0.1) is 0 Å². The molecule has 0 radical (unpaired) electrons. The summed E-state index contributed by atoms with van der Waals surface area (Å²) >= 11 is 0. The molecule has 1 unspecified atom stereocenters. The molecule has 2 aromatic rings. The average molecular weight is 341 g/mol. The Kier molecular flexibility index (Phi) is 7.44. The van der Waals surface area contributed by atoms with Crippen LogP contribution >= 0.6 is 0 Å². The minimum absolute atomic E-state index is 0.0548. The molecule has 0 spiro atoms. The van der Waals surface area contributed by atoms with Crippen molar-refractivity contribution in [2.24, 2.45) is 5.73 Å². The first-order valence-electron chi connectivity index (χ1n) is 8.59. The van der Waals surface area contributed by atoms with E-state index in [1.54, 1.807) is 7.11 Å². The van der Waals surface area contributed by atoms with Gasteiger partial charge in [-0.05, 0) is 36.8 Å². The number of carbonyl (C=O) groups is 1. The lowest BCUT2D eigenvalue weighted by Gasteiger charge is -2.23. The van der Waals surface area contributed by atoms with Gasteiger partial charge in [-0.1, -0.05) is 30.3 Å². The molecule has 25 heavy (non-hydrogen) atoms. The molecule has 0 bridgehead atoms. The van der Waals surface area contributed by atoms with Crippen LogP contribution in [-0.2, 0) is 16.1 Å². The third-order valence-electron chi connectivity index (χ3n) is 4.13. The number of anilines is 2. The van der Waals surface area contributed by atoms with Crippen LogP contribution in [0.5, 0.6) is 0 Å². The standard InChI is InChI=1S/C20H27N3O2/c1-3-23(17-7-5-4-6-8-17)18-11-9-16(10-12-18)15-22-20(24)13-19(14-21)25-2/h4-12,19H,3,13-15,21H2,1-2H3,(H,22,24). The molecule has 2 rings (SSSR count). The predicted molar refractivity (Wildman–Crippen MR) is 102 cm³/mol. The van der Waals surface area contributed by atoms with Gasteiger partial charge in [0.2, 0.25) is 5.91 Å². The molecule has 5 heteroatoms. The maximum absolute atomic E-state index is 11.9. The van der Waals surface area contributed by atoms with E-state index in [2.05, 4.69) is 41.4 Å². The second-order valence-corrected chi connectivity index (χ2v) is 5.82. The Balaban J connectivity index is 1.94. The van der Waals surface area contributed by atoms with Crippen LogP contribution in [0.2, 0.25) is 0 Å². The number of methoxy groups -OCH3 is 1. The van der Waals surface area contributed by atoms with Crippen LogP contribution in [-0.4, -0.2) is 32.2 Å². The Hall–Kier alpha value is -2.37. The minimum atomic E-state index is -0.230. The first-order chi connectivity index (χ1) is 12.2. The number of nitrogens with one attached hydrogen (secondary N) is 1. The van der Waals surface area contributed by atoms with Gasteiger partial charge in [-0.15, -0.1) is 0 Å². The van der Waals surface area contributed by atoms with Crippen molar-refractivity contribution in [3.8, 4) is 0 Å². The molecule has 3 N–H and O–H groups in total. The first kappa shape index (κ1) is 19.0. The summed E-state index contributed by atoms with van der Waals surface area (Å²) in [5.41, 5.74) is 8.89.